The van der Waals surface area contributed by atoms with Crippen LogP contribution in [0.2, 0.25) is 0 Å². The summed E-state index contributed by atoms with van der Waals surface area (Å²) < 4.78 is 32.6. The summed E-state index contributed by atoms with van der Waals surface area (Å²) in [5.74, 6) is -1.61. The zero-order chi connectivity index (χ0) is 18.8. The molecule has 0 saturated heterocycles. The summed E-state index contributed by atoms with van der Waals surface area (Å²) in [7, 11) is 0. The van der Waals surface area contributed by atoms with Crippen molar-refractivity contribution in [2.45, 2.75) is 39.1 Å². The third-order valence-electron chi connectivity index (χ3n) is 4.38. The highest BCUT2D eigenvalue weighted by Gasteiger charge is 2.33. The largest absolute Gasteiger partial charge is 0.472 e. The number of benzene rings is 1. The number of carbonyl (C=O) groups excluding carboxylic acids is 1. The molecule has 2 heterocycles. The number of ether oxygens (including phenoxy) is 1. The predicted molar refractivity (Wildman–Crippen MR) is 89.5 cm³/mol. The average molecular weight is 361 g/mol. The molecular weight excluding hydrogens is 344 g/mol. The van der Waals surface area contributed by atoms with Gasteiger partial charge in [0.15, 0.2) is 0 Å². The number of nitrogens with zero attached hydrogens (tertiary/aromatic N) is 3. The van der Waals surface area contributed by atoms with E-state index in [2.05, 4.69) is 10.2 Å². The lowest BCUT2D eigenvalue weighted by Crippen LogP contribution is -2.27. The van der Waals surface area contributed by atoms with Crippen molar-refractivity contribution in [2.24, 2.45) is 5.18 Å². The summed E-state index contributed by atoms with van der Waals surface area (Å²) in [5.41, 5.74) is 1.21. The molecule has 1 amide bonds. The molecule has 2 aromatic rings. The molecule has 0 bridgehead atoms. The Bertz CT molecular complexity index is 860. The van der Waals surface area contributed by atoms with Crippen molar-refractivity contribution >= 4 is 5.91 Å². The van der Waals surface area contributed by atoms with Crippen LogP contribution in [0.25, 0.3) is 0 Å². The minimum absolute atomic E-state index is 0.000909. The Morgan fingerprint density at radius 2 is 2.08 bits per heavy atom. The molecule has 0 N–H and O–H groups in total. The maximum absolute atomic E-state index is 13.9. The van der Waals surface area contributed by atoms with E-state index in [4.69, 9.17) is 4.74 Å². The fourth-order valence-electron chi connectivity index (χ4n) is 2.71. The molecule has 0 fully saturated rings. The number of fused-ring (bicyclic) bond motifs is 1. The van der Waals surface area contributed by atoms with Gasteiger partial charge in [0.1, 0.15) is 29.3 Å². The van der Waals surface area contributed by atoms with E-state index in [9.17, 15) is 18.5 Å². The number of halogens is 2. The number of pyridine rings is 1. The topological polar surface area (TPSA) is 71.9 Å². The smallest absolute Gasteiger partial charge is 0.260 e. The summed E-state index contributed by atoms with van der Waals surface area (Å²) in [6.45, 7) is 3.53. The van der Waals surface area contributed by atoms with Crippen molar-refractivity contribution in [3.63, 3.8) is 0 Å². The van der Waals surface area contributed by atoms with Gasteiger partial charge in [-0.2, -0.15) is 4.91 Å². The molecule has 2 atom stereocenters. The first-order valence-corrected chi connectivity index (χ1v) is 8.11. The SMILES string of the molecule is C[C@H](Oc1nccc2c1C(=O)N(Cc1ccc(F)cc1F)C2)[C@@H](C)N=O. The molecule has 26 heavy (non-hydrogen) atoms. The van der Waals surface area contributed by atoms with Crippen molar-refractivity contribution in [3.05, 3.63) is 63.7 Å². The minimum Gasteiger partial charge on any atom is -0.472 e. The van der Waals surface area contributed by atoms with Gasteiger partial charge in [0, 0.05) is 30.9 Å². The zero-order valence-electron chi connectivity index (χ0n) is 14.3. The highest BCUT2D eigenvalue weighted by atomic mass is 19.1. The fraction of sp³-hybridized carbons (Fsp3) is 0.333. The monoisotopic (exact) mass is 361 g/mol. The van der Waals surface area contributed by atoms with Gasteiger partial charge in [-0.3, -0.25) is 4.79 Å². The van der Waals surface area contributed by atoms with Gasteiger partial charge in [-0.15, -0.1) is 0 Å². The van der Waals surface area contributed by atoms with Crippen molar-refractivity contribution in [3.8, 4) is 5.88 Å². The number of aromatic nitrogens is 1. The summed E-state index contributed by atoms with van der Waals surface area (Å²) in [5, 5.41) is 2.91. The van der Waals surface area contributed by atoms with Crippen LogP contribution in [-0.4, -0.2) is 27.9 Å². The highest BCUT2D eigenvalue weighted by Crippen LogP contribution is 2.31. The summed E-state index contributed by atoms with van der Waals surface area (Å²) in [4.78, 5) is 28.9. The zero-order valence-corrected chi connectivity index (χ0v) is 14.3. The molecule has 0 unspecified atom stereocenters. The predicted octanol–water partition coefficient (Wildman–Crippen LogP) is 3.44. The van der Waals surface area contributed by atoms with Crippen LogP contribution in [0.4, 0.5) is 8.78 Å². The van der Waals surface area contributed by atoms with E-state index in [-0.39, 0.29) is 30.4 Å². The summed E-state index contributed by atoms with van der Waals surface area (Å²) in [6, 6.07) is 4.34. The Labute approximate surface area is 148 Å². The van der Waals surface area contributed by atoms with Gasteiger partial charge in [0.2, 0.25) is 5.88 Å². The van der Waals surface area contributed by atoms with Crippen molar-refractivity contribution in [1.29, 1.82) is 0 Å². The van der Waals surface area contributed by atoms with Crippen LogP contribution in [0, 0.1) is 16.5 Å². The second-order valence-corrected chi connectivity index (χ2v) is 6.22. The van der Waals surface area contributed by atoms with Crippen LogP contribution in [0.5, 0.6) is 5.88 Å². The molecule has 0 spiro atoms. The van der Waals surface area contributed by atoms with Gasteiger partial charge in [0.05, 0.1) is 0 Å². The van der Waals surface area contributed by atoms with E-state index in [1.165, 1.54) is 17.2 Å². The third-order valence-corrected chi connectivity index (χ3v) is 4.38. The standard InChI is InChI=1S/C18H17F2N3O3/c1-10(22-25)11(2)26-17-16-13(5-6-21-17)9-23(18(16)24)8-12-3-4-14(19)7-15(12)20/h3-7,10-11H,8-9H2,1-2H3/t10-,11+/m1/s1. The van der Waals surface area contributed by atoms with Crippen LogP contribution < -0.4 is 4.74 Å². The minimum atomic E-state index is -0.706. The van der Waals surface area contributed by atoms with Crippen LogP contribution in [-0.2, 0) is 13.1 Å². The second-order valence-electron chi connectivity index (χ2n) is 6.22. The van der Waals surface area contributed by atoms with Crippen LogP contribution in [0.15, 0.2) is 35.6 Å². The molecule has 1 aromatic carbocycles. The molecule has 0 saturated carbocycles. The highest BCUT2D eigenvalue weighted by molar-refractivity contribution is 6.00. The van der Waals surface area contributed by atoms with E-state index in [0.717, 1.165) is 12.1 Å². The maximum atomic E-state index is 13.9. The van der Waals surface area contributed by atoms with Crippen LogP contribution in [0.3, 0.4) is 0 Å². The number of nitroso groups, excluding NO2 is 1. The van der Waals surface area contributed by atoms with Crippen molar-refractivity contribution < 1.29 is 18.3 Å². The van der Waals surface area contributed by atoms with Crippen molar-refractivity contribution in [2.75, 3.05) is 0 Å². The number of hydrogen-bond acceptors (Lipinski definition) is 5. The molecule has 0 aliphatic carbocycles. The van der Waals surface area contributed by atoms with Crippen LogP contribution >= 0.6 is 0 Å². The third kappa shape index (κ3) is 3.40. The Hall–Kier alpha value is -2.90. The molecule has 3 rings (SSSR count). The first kappa shape index (κ1) is 17.9. The number of hydrogen-bond donors (Lipinski definition) is 0. The Morgan fingerprint density at radius 1 is 1.31 bits per heavy atom. The molecule has 6 nitrogen and oxygen atoms in total. The molecule has 136 valence electrons. The van der Waals surface area contributed by atoms with E-state index in [1.54, 1.807) is 19.9 Å². The Morgan fingerprint density at radius 3 is 2.77 bits per heavy atom. The lowest BCUT2D eigenvalue weighted by molar-refractivity contribution is 0.0758. The summed E-state index contributed by atoms with van der Waals surface area (Å²) >= 11 is 0. The first-order chi connectivity index (χ1) is 12.4. The van der Waals surface area contributed by atoms with Crippen LogP contribution in [0.1, 0.15) is 35.3 Å². The van der Waals surface area contributed by atoms with E-state index < -0.39 is 23.8 Å². The van der Waals surface area contributed by atoms with E-state index in [0.29, 0.717) is 11.1 Å². The lowest BCUT2D eigenvalue weighted by Gasteiger charge is -2.18. The van der Waals surface area contributed by atoms with Gasteiger partial charge >= 0.3 is 0 Å². The van der Waals surface area contributed by atoms with Gasteiger partial charge in [0.25, 0.3) is 5.91 Å². The van der Waals surface area contributed by atoms with Crippen molar-refractivity contribution in [1.82, 2.24) is 9.88 Å². The lowest BCUT2D eigenvalue weighted by atomic mass is 10.1. The molecule has 1 aliphatic rings. The number of carbonyl (C=O) groups is 1. The van der Waals surface area contributed by atoms with Gasteiger partial charge < -0.3 is 9.64 Å². The quantitative estimate of drug-likeness (QED) is 0.739. The van der Waals surface area contributed by atoms with E-state index in [1.807, 2.05) is 0 Å². The molecule has 0 radical (unpaired) electrons. The maximum Gasteiger partial charge on any atom is 0.260 e. The molecule has 8 heteroatoms. The Kier molecular flexibility index (Phi) is 4.92. The summed E-state index contributed by atoms with van der Waals surface area (Å²) in [6.07, 6.45) is 0.956. The normalized spacial score (nSPS) is 15.5. The van der Waals surface area contributed by atoms with Gasteiger partial charge in [-0.25, -0.2) is 13.8 Å². The fourth-order valence-corrected chi connectivity index (χ4v) is 2.71. The van der Waals surface area contributed by atoms with E-state index >= 15 is 0 Å². The van der Waals surface area contributed by atoms with Gasteiger partial charge in [-0.05, 0) is 31.5 Å². The molecular formula is C18H17F2N3O3. The van der Waals surface area contributed by atoms with Gasteiger partial charge in [-0.1, -0.05) is 11.2 Å². The number of rotatable bonds is 6. The number of amides is 1. The molecule has 1 aliphatic heterocycles. The molecule has 1 aromatic heterocycles. The Balaban J connectivity index is 1.83. The average Bonchev–Trinajstić information content (AvgIpc) is 2.93. The first-order valence-electron chi connectivity index (χ1n) is 8.11. The second kappa shape index (κ2) is 7.15.